The van der Waals surface area contributed by atoms with Crippen LogP contribution in [0.3, 0.4) is 0 Å². The van der Waals surface area contributed by atoms with E-state index >= 15 is 0 Å². The van der Waals surface area contributed by atoms with Gasteiger partial charge in [0.25, 0.3) is 5.91 Å². The van der Waals surface area contributed by atoms with Crippen molar-refractivity contribution in [3.05, 3.63) is 64.1 Å². The van der Waals surface area contributed by atoms with Crippen LogP contribution in [0.4, 0.5) is 0 Å². The Labute approximate surface area is 174 Å². The Bertz CT molecular complexity index is 810. The average Bonchev–Trinajstić information content (AvgIpc) is 2.68. The molecule has 1 atom stereocenters. The molecule has 0 bridgehead atoms. The van der Waals surface area contributed by atoms with Gasteiger partial charge in [-0.1, -0.05) is 40.2 Å². The summed E-state index contributed by atoms with van der Waals surface area (Å²) in [5.74, 6) is 0.621. The van der Waals surface area contributed by atoms with E-state index in [0.717, 1.165) is 22.5 Å². The molecule has 2 rings (SSSR count). The van der Waals surface area contributed by atoms with Gasteiger partial charge in [0.15, 0.2) is 5.96 Å². The van der Waals surface area contributed by atoms with Gasteiger partial charge in [-0.3, -0.25) is 9.79 Å². The maximum absolute atomic E-state index is 12.0. The van der Waals surface area contributed by atoms with Gasteiger partial charge in [-0.15, -0.1) is 0 Å². The highest BCUT2D eigenvalue weighted by atomic mass is 79.9. The molecular weight excluding hydrogens is 420 g/mol. The molecule has 1 amide bonds. The summed E-state index contributed by atoms with van der Waals surface area (Å²) in [5.41, 5.74) is 1.60. The van der Waals surface area contributed by atoms with Gasteiger partial charge in [0.05, 0.1) is 6.04 Å². The van der Waals surface area contributed by atoms with Crippen LogP contribution in [0.15, 0.2) is 58.0 Å². The second kappa shape index (κ2) is 11.3. The van der Waals surface area contributed by atoms with Crippen LogP contribution in [0.1, 0.15) is 42.2 Å². The molecule has 0 aliphatic rings. The number of rotatable bonds is 8. The molecule has 4 N–H and O–H groups in total. The third-order valence-electron chi connectivity index (χ3n) is 4.07. The van der Waals surface area contributed by atoms with E-state index in [1.54, 1.807) is 12.1 Å². The van der Waals surface area contributed by atoms with Crippen molar-refractivity contribution < 1.29 is 9.90 Å². The monoisotopic (exact) mass is 446 g/mol. The summed E-state index contributed by atoms with van der Waals surface area (Å²) in [4.78, 5) is 16.6. The number of phenolic OH excluding ortho intramolecular Hbond substituents is 1. The fourth-order valence-corrected chi connectivity index (χ4v) is 3.28. The quantitative estimate of drug-likeness (QED) is 0.283. The molecule has 150 valence electrons. The fraction of sp³-hybridized carbons (Fsp3) is 0.333. The van der Waals surface area contributed by atoms with E-state index in [0.29, 0.717) is 25.1 Å². The van der Waals surface area contributed by atoms with Crippen LogP contribution in [-0.2, 0) is 0 Å². The highest BCUT2D eigenvalue weighted by Gasteiger charge is 2.10. The standard InChI is InChI=1S/C21H27BrN4O2/c1-3-23-21(26-15(2)18-10-4-5-11-19(18)22)25-13-7-12-24-20(28)16-8-6-9-17(27)14-16/h4-6,8-11,14-15,27H,3,7,12-13H2,1-2H3,(H,24,28)(H2,23,25,26). The van der Waals surface area contributed by atoms with Crippen LogP contribution in [0.2, 0.25) is 0 Å². The Hall–Kier alpha value is -2.54. The van der Waals surface area contributed by atoms with Gasteiger partial charge in [0.1, 0.15) is 5.75 Å². The molecule has 0 aliphatic carbocycles. The third-order valence-corrected chi connectivity index (χ3v) is 4.79. The predicted molar refractivity (Wildman–Crippen MR) is 117 cm³/mol. The maximum Gasteiger partial charge on any atom is 0.251 e. The minimum Gasteiger partial charge on any atom is -0.508 e. The normalized spacial score (nSPS) is 12.3. The van der Waals surface area contributed by atoms with Gasteiger partial charge in [0, 0.05) is 29.7 Å². The van der Waals surface area contributed by atoms with Gasteiger partial charge < -0.3 is 21.1 Å². The summed E-state index contributed by atoms with van der Waals surface area (Å²) in [7, 11) is 0. The topological polar surface area (TPSA) is 85.8 Å². The van der Waals surface area contributed by atoms with Crippen molar-refractivity contribution in [2.75, 3.05) is 19.6 Å². The predicted octanol–water partition coefficient (Wildman–Crippen LogP) is 3.59. The molecule has 0 aliphatic heterocycles. The SMILES string of the molecule is CCNC(=NCCCNC(=O)c1cccc(O)c1)NC(C)c1ccccc1Br. The largest absolute Gasteiger partial charge is 0.508 e. The van der Waals surface area contributed by atoms with Crippen molar-refractivity contribution in [2.45, 2.75) is 26.3 Å². The second-order valence-electron chi connectivity index (χ2n) is 6.31. The molecule has 0 radical (unpaired) electrons. The first-order valence-corrected chi connectivity index (χ1v) is 10.2. The Morgan fingerprint density at radius 3 is 2.68 bits per heavy atom. The Morgan fingerprint density at radius 2 is 1.96 bits per heavy atom. The lowest BCUT2D eigenvalue weighted by Crippen LogP contribution is -2.39. The lowest BCUT2D eigenvalue weighted by Gasteiger charge is -2.19. The average molecular weight is 447 g/mol. The van der Waals surface area contributed by atoms with Crippen LogP contribution < -0.4 is 16.0 Å². The molecule has 0 saturated heterocycles. The van der Waals surface area contributed by atoms with Crippen molar-refractivity contribution in [1.82, 2.24) is 16.0 Å². The van der Waals surface area contributed by atoms with Gasteiger partial charge >= 0.3 is 0 Å². The number of carbonyl (C=O) groups is 1. The summed E-state index contributed by atoms with van der Waals surface area (Å²) in [5, 5.41) is 18.9. The number of phenols is 1. The van der Waals surface area contributed by atoms with Crippen molar-refractivity contribution in [3.8, 4) is 5.75 Å². The smallest absolute Gasteiger partial charge is 0.251 e. The van der Waals surface area contributed by atoms with E-state index in [9.17, 15) is 9.90 Å². The number of aliphatic imine (C=N–C) groups is 1. The number of amides is 1. The number of nitrogens with one attached hydrogen (secondary N) is 3. The molecule has 0 heterocycles. The fourth-order valence-electron chi connectivity index (χ4n) is 2.65. The number of hydrogen-bond acceptors (Lipinski definition) is 3. The summed E-state index contributed by atoms with van der Waals surface area (Å²) in [6, 6.07) is 14.5. The number of nitrogens with zero attached hydrogens (tertiary/aromatic N) is 1. The van der Waals surface area contributed by atoms with Gasteiger partial charge in [-0.2, -0.15) is 0 Å². The van der Waals surface area contributed by atoms with Crippen LogP contribution in [-0.4, -0.2) is 36.6 Å². The molecule has 0 fully saturated rings. The summed E-state index contributed by atoms with van der Waals surface area (Å²) < 4.78 is 1.06. The lowest BCUT2D eigenvalue weighted by molar-refractivity contribution is 0.0953. The van der Waals surface area contributed by atoms with Gasteiger partial charge in [0.2, 0.25) is 0 Å². The van der Waals surface area contributed by atoms with E-state index in [-0.39, 0.29) is 17.7 Å². The molecule has 0 saturated carbocycles. The Kier molecular flexibility index (Phi) is 8.81. The van der Waals surface area contributed by atoms with E-state index in [1.807, 2.05) is 25.1 Å². The van der Waals surface area contributed by atoms with Crippen molar-refractivity contribution in [3.63, 3.8) is 0 Å². The van der Waals surface area contributed by atoms with Crippen LogP contribution in [0, 0.1) is 0 Å². The molecule has 28 heavy (non-hydrogen) atoms. The zero-order valence-corrected chi connectivity index (χ0v) is 17.8. The number of carbonyl (C=O) groups excluding carboxylic acids is 1. The van der Waals surface area contributed by atoms with Crippen LogP contribution in [0.25, 0.3) is 0 Å². The zero-order valence-electron chi connectivity index (χ0n) is 16.2. The first-order chi connectivity index (χ1) is 13.5. The molecule has 1 unspecified atom stereocenters. The van der Waals surface area contributed by atoms with E-state index in [4.69, 9.17) is 0 Å². The van der Waals surface area contributed by atoms with Gasteiger partial charge in [-0.05, 0) is 50.1 Å². The molecule has 2 aromatic rings. The van der Waals surface area contributed by atoms with Crippen molar-refractivity contribution >= 4 is 27.8 Å². The molecular formula is C21H27BrN4O2. The summed E-state index contributed by atoms with van der Waals surface area (Å²) >= 11 is 3.58. The lowest BCUT2D eigenvalue weighted by atomic mass is 10.1. The van der Waals surface area contributed by atoms with Crippen molar-refractivity contribution in [1.29, 1.82) is 0 Å². The summed E-state index contributed by atoms with van der Waals surface area (Å²) in [6.45, 7) is 5.97. The first-order valence-electron chi connectivity index (χ1n) is 9.37. The molecule has 0 aromatic heterocycles. The number of benzene rings is 2. The molecule has 7 heteroatoms. The third kappa shape index (κ3) is 6.88. The van der Waals surface area contributed by atoms with E-state index in [1.165, 1.54) is 12.1 Å². The van der Waals surface area contributed by atoms with Gasteiger partial charge in [-0.25, -0.2) is 0 Å². The Morgan fingerprint density at radius 1 is 1.18 bits per heavy atom. The Balaban J connectivity index is 1.82. The molecule has 2 aromatic carbocycles. The van der Waals surface area contributed by atoms with Crippen LogP contribution >= 0.6 is 15.9 Å². The molecule has 6 nitrogen and oxygen atoms in total. The summed E-state index contributed by atoms with van der Waals surface area (Å²) in [6.07, 6.45) is 0.713. The number of hydrogen-bond donors (Lipinski definition) is 4. The minimum atomic E-state index is -0.201. The van der Waals surface area contributed by atoms with E-state index in [2.05, 4.69) is 49.9 Å². The maximum atomic E-state index is 12.0. The van der Waals surface area contributed by atoms with Crippen molar-refractivity contribution in [2.24, 2.45) is 4.99 Å². The minimum absolute atomic E-state index is 0.0813. The number of halogens is 1. The van der Waals surface area contributed by atoms with Crippen LogP contribution in [0.5, 0.6) is 5.75 Å². The first kappa shape index (κ1) is 21.8. The zero-order chi connectivity index (χ0) is 20.4. The second-order valence-corrected chi connectivity index (χ2v) is 7.16. The highest BCUT2D eigenvalue weighted by molar-refractivity contribution is 9.10. The number of guanidine groups is 1. The molecule has 0 spiro atoms. The number of aromatic hydroxyl groups is 1. The van der Waals surface area contributed by atoms with E-state index < -0.39 is 0 Å². The highest BCUT2D eigenvalue weighted by Crippen LogP contribution is 2.22.